The maximum atomic E-state index is 5.80. The van der Waals surface area contributed by atoms with Gasteiger partial charge < -0.3 is 10.5 Å². The van der Waals surface area contributed by atoms with Crippen molar-refractivity contribution in [1.82, 2.24) is 4.90 Å². The van der Waals surface area contributed by atoms with E-state index in [2.05, 4.69) is 36.1 Å². The monoisotopic (exact) mass is 220 g/mol. The number of nitrogens with zero attached hydrogens (tertiary/aromatic N) is 1. The number of hydrogen-bond acceptors (Lipinski definition) is 3. The summed E-state index contributed by atoms with van der Waals surface area (Å²) in [4.78, 5) is 2.44. The molecular weight excluding hydrogens is 200 g/mol. The lowest BCUT2D eigenvalue weighted by molar-refractivity contribution is -0.0658. The Bertz CT molecular complexity index is 303. The van der Waals surface area contributed by atoms with Crippen LogP contribution in [0.25, 0.3) is 0 Å². The molecule has 3 heteroatoms. The van der Waals surface area contributed by atoms with Crippen molar-refractivity contribution in [2.45, 2.75) is 19.1 Å². The van der Waals surface area contributed by atoms with Crippen molar-refractivity contribution in [2.24, 2.45) is 5.73 Å². The molecule has 0 saturated carbocycles. The van der Waals surface area contributed by atoms with Gasteiger partial charge in [-0.2, -0.15) is 0 Å². The molecule has 0 bridgehead atoms. The third-order valence-electron chi connectivity index (χ3n) is 3.24. The summed E-state index contributed by atoms with van der Waals surface area (Å²) in [7, 11) is 0. The summed E-state index contributed by atoms with van der Waals surface area (Å²) < 4.78 is 5.76. The SMILES string of the molecule is CCN1CCO[C@H](CN)[C@@H]1c1ccccc1. The maximum Gasteiger partial charge on any atom is 0.0894 e. The Labute approximate surface area is 97.2 Å². The zero-order valence-corrected chi connectivity index (χ0v) is 9.80. The first-order chi connectivity index (χ1) is 7.86. The van der Waals surface area contributed by atoms with Crippen LogP contribution in [0.2, 0.25) is 0 Å². The topological polar surface area (TPSA) is 38.5 Å². The van der Waals surface area contributed by atoms with Crippen LogP contribution in [-0.2, 0) is 4.74 Å². The van der Waals surface area contributed by atoms with Crippen LogP contribution in [0.4, 0.5) is 0 Å². The van der Waals surface area contributed by atoms with Gasteiger partial charge in [0.1, 0.15) is 0 Å². The van der Waals surface area contributed by atoms with Crippen molar-refractivity contribution in [3.8, 4) is 0 Å². The van der Waals surface area contributed by atoms with E-state index >= 15 is 0 Å². The van der Waals surface area contributed by atoms with E-state index in [-0.39, 0.29) is 6.10 Å². The van der Waals surface area contributed by atoms with Crippen molar-refractivity contribution in [2.75, 3.05) is 26.2 Å². The van der Waals surface area contributed by atoms with Gasteiger partial charge in [-0.25, -0.2) is 0 Å². The fourth-order valence-electron chi connectivity index (χ4n) is 2.41. The number of likely N-dealkylation sites (N-methyl/N-ethyl adjacent to an activating group) is 1. The molecule has 1 saturated heterocycles. The molecule has 88 valence electrons. The van der Waals surface area contributed by atoms with Crippen LogP contribution in [0.5, 0.6) is 0 Å². The second kappa shape index (κ2) is 5.43. The second-order valence-corrected chi connectivity index (χ2v) is 4.13. The van der Waals surface area contributed by atoms with Crippen LogP contribution in [-0.4, -0.2) is 37.2 Å². The predicted octanol–water partition coefficient (Wildman–Crippen LogP) is 1.41. The minimum atomic E-state index is 0.121. The van der Waals surface area contributed by atoms with Crippen LogP contribution < -0.4 is 5.73 Å². The van der Waals surface area contributed by atoms with Crippen LogP contribution >= 0.6 is 0 Å². The van der Waals surface area contributed by atoms with Gasteiger partial charge >= 0.3 is 0 Å². The van der Waals surface area contributed by atoms with E-state index in [4.69, 9.17) is 10.5 Å². The predicted molar refractivity (Wildman–Crippen MR) is 65.2 cm³/mol. The Morgan fingerprint density at radius 3 is 2.75 bits per heavy atom. The van der Waals surface area contributed by atoms with E-state index in [9.17, 15) is 0 Å². The molecule has 1 heterocycles. The lowest BCUT2D eigenvalue weighted by Crippen LogP contribution is -2.48. The Balaban J connectivity index is 2.24. The van der Waals surface area contributed by atoms with Gasteiger partial charge in [0.25, 0.3) is 0 Å². The van der Waals surface area contributed by atoms with Crippen LogP contribution in [0.3, 0.4) is 0 Å². The van der Waals surface area contributed by atoms with Gasteiger partial charge in [0.15, 0.2) is 0 Å². The minimum absolute atomic E-state index is 0.121. The molecule has 0 unspecified atom stereocenters. The minimum Gasteiger partial charge on any atom is -0.374 e. The molecule has 2 N–H and O–H groups in total. The van der Waals surface area contributed by atoms with E-state index in [1.165, 1.54) is 5.56 Å². The molecule has 0 aliphatic carbocycles. The average Bonchev–Trinajstić information content (AvgIpc) is 2.38. The first-order valence-electron chi connectivity index (χ1n) is 5.97. The largest absolute Gasteiger partial charge is 0.374 e. The summed E-state index contributed by atoms with van der Waals surface area (Å²) >= 11 is 0. The summed E-state index contributed by atoms with van der Waals surface area (Å²) in [6, 6.07) is 10.8. The van der Waals surface area contributed by atoms with Gasteiger partial charge in [0, 0.05) is 13.1 Å². The van der Waals surface area contributed by atoms with E-state index in [0.717, 1.165) is 19.7 Å². The Morgan fingerprint density at radius 2 is 2.12 bits per heavy atom. The molecule has 1 aliphatic rings. The van der Waals surface area contributed by atoms with Crippen molar-refractivity contribution in [1.29, 1.82) is 0 Å². The molecule has 2 atom stereocenters. The average molecular weight is 220 g/mol. The number of ether oxygens (including phenoxy) is 1. The number of nitrogens with two attached hydrogens (primary N) is 1. The number of benzene rings is 1. The lowest BCUT2D eigenvalue weighted by atomic mass is 9.98. The van der Waals surface area contributed by atoms with Crippen molar-refractivity contribution >= 4 is 0 Å². The zero-order valence-electron chi connectivity index (χ0n) is 9.80. The fraction of sp³-hybridized carbons (Fsp3) is 0.538. The smallest absolute Gasteiger partial charge is 0.0894 e. The molecule has 1 aliphatic heterocycles. The highest BCUT2D eigenvalue weighted by Gasteiger charge is 2.31. The quantitative estimate of drug-likeness (QED) is 0.837. The van der Waals surface area contributed by atoms with E-state index in [1.54, 1.807) is 0 Å². The molecule has 1 aromatic rings. The summed E-state index contributed by atoms with van der Waals surface area (Å²) in [6.45, 7) is 5.59. The maximum absolute atomic E-state index is 5.80. The van der Waals surface area contributed by atoms with Crippen LogP contribution in [0.1, 0.15) is 18.5 Å². The number of morpholine rings is 1. The first-order valence-corrected chi connectivity index (χ1v) is 5.97. The van der Waals surface area contributed by atoms with E-state index < -0.39 is 0 Å². The van der Waals surface area contributed by atoms with Gasteiger partial charge in [-0.1, -0.05) is 37.3 Å². The molecule has 2 rings (SSSR count). The van der Waals surface area contributed by atoms with Crippen molar-refractivity contribution < 1.29 is 4.74 Å². The van der Waals surface area contributed by atoms with Gasteiger partial charge in [-0.15, -0.1) is 0 Å². The van der Waals surface area contributed by atoms with Crippen molar-refractivity contribution in [3.05, 3.63) is 35.9 Å². The molecule has 0 amide bonds. The highest BCUT2D eigenvalue weighted by molar-refractivity contribution is 5.21. The molecule has 16 heavy (non-hydrogen) atoms. The normalized spacial score (nSPS) is 26.9. The highest BCUT2D eigenvalue weighted by Crippen LogP contribution is 2.28. The molecule has 0 radical (unpaired) electrons. The molecule has 1 fully saturated rings. The highest BCUT2D eigenvalue weighted by atomic mass is 16.5. The van der Waals surface area contributed by atoms with Crippen LogP contribution in [0, 0.1) is 0 Å². The molecule has 3 nitrogen and oxygen atoms in total. The molecule has 0 spiro atoms. The van der Waals surface area contributed by atoms with Crippen molar-refractivity contribution in [3.63, 3.8) is 0 Å². The Hall–Kier alpha value is -0.900. The summed E-state index contributed by atoms with van der Waals surface area (Å²) in [5.74, 6) is 0. The molecular formula is C13H20N2O. The Kier molecular flexibility index (Phi) is 3.93. The second-order valence-electron chi connectivity index (χ2n) is 4.13. The van der Waals surface area contributed by atoms with E-state index in [0.29, 0.717) is 12.6 Å². The van der Waals surface area contributed by atoms with Gasteiger partial charge in [-0.3, -0.25) is 4.90 Å². The zero-order chi connectivity index (χ0) is 11.4. The fourth-order valence-corrected chi connectivity index (χ4v) is 2.41. The number of rotatable bonds is 3. The third-order valence-corrected chi connectivity index (χ3v) is 3.24. The van der Waals surface area contributed by atoms with Gasteiger partial charge in [0.2, 0.25) is 0 Å². The lowest BCUT2D eigenvalue weighted by Gasteiger charge is -2.40. The summed E-state index contributed by atoms with van der Waals surface area (Å²) in [5.41, 5.74) is 7.10. The first kappa shape index (κ1) is 11.6. The summed E-state index contributed by atoms with van der Waals surface area (Å²) in [6.07, 6.45) is 0.121. The van der Waals surface area contributed by atoms with Gasteiger partial charge in [0.05, 0.1) is 18.8 Å². The van der Waals surface area contributed by atoms with Crippen LogP contribution in [0.15, 0.2) is 30.3 Å². The Morgan fingerprint density at radius 1 is 1.38 bits per heavy atom. The standard InChI is InChI=1S/C13H20N2O/c1-2-15-8-9-16-12(10-14)13(15)11-6-4-3-5-7-11/h3-7,12-13H,2,8-10,14H2,1H3/t12-,13+/m1/s1. The number of hydrogen-bond donors (Lipinski definition) is 1. The molecule has 1 aromatic carbocycles. The van der Waals surface area contributed by atoms with E-state index in [1.807, 2.05) is 6.07 Å². The third kappa shape index (κ3) is 2.26. The van der Waals surface area contributed by atoms with Gasteiger partial charge in [-0.05, 0) is 12.1 Å². The summed E-state index contributed by atoms with van der Waals surface area (Å²) in [5, 5.41) is 0. The molecule has 0 aromatic heterocycles.